The summed E-state index contributed by atoms with van der Waals surface area (Å²) in [5, 5.41) is 11.4. The van der Waals surface area contributed by atoms with Gasteiger partial charge < -0.3 is 14.5 Å². The molecule has 0 saturated heterocycles. The Morgan fingerprint density at radius 3 is 2.88 bits per heavy atom. The van der Waals surface area contributed by atoms with Crippen molar-refractivity contribution in [2.24, 2.45) is 0 Å². The molecule has 1 aromatic heterocycles. The molecule has 0 bridgehead atoms. The van der Waals surface area contributed by atoms with Gasteiger partial charge in [-0.3, -0.25) is 0 Å². The van der Waals surface area contributed by atoms with Crippen LogP contribution in [0.4, 0.5) is 0 Å². The maximum absolute atomic E-state index is 5.58. The van der Waals surface area contributed by atoms with Crippen molar-refractivity contribution < 1.29 is 9.15 Å². The number of rotatable bonds is 9. The van der Waals surface area contributed by atoms with Crippen molar-refractivity contribution in [3.63, 3.8) is 0 Å². The molecule has 1 N–H and O–H groups in total. The second-order valence-corrected chi connectivity index (χ2v) is 4.01. The average molecular weight is 241 g/mol. The first-order valence-corrected chi connectivity index (χ1v) is 6.41. The Hall–Kier alpha value is -0.940. The van der Waals surface area contributed by atoms with Gasteiger partial charge >= 0.3 is 0 Å². The van der Waals surface area contributed by atoms with Crippen LogP contribution in [-0.2, 0) is 11.2 Å². The second-order valence-electron chi connectivity index (χ2n) is 4.01. The van der Waals surface area contributed by atoms with Crippen LogP contribution in [0.1, 0.15) is 51.4 Å². The van der Waals surface area contributed by atoms with E-state index in [1.54, 1.807) is 0 Å². The maximum atomic E-state index is 5.58. The zero-order valence-corrected chi connectivity index (χ0v) is 11.0. The summed E-state index contributed by atoms with van der Waals surface area (Å²) >= 11 is 0. The molecule has 1 aromatic rings. The summed E-state index contributed by atoms with van der Waals surface area (Å²) in [4.78, 5) is 0. The van der Waals surface area contributed by atoms with Crippen LogP contribution in [0.5, 0.6) is 0 Å². The molecule has 0 aliphatic rings. The first-order valence-electron chi connectivity index (χ1n) is 6.41. The second kappa shape index (κ2) is 8.20. The molecular formula is C12H23N3O2. The summed E-state index contributed by atoms with van der Waals surface area (Å²) in [5.41, 5.74) is 0. The highest BCUT2D eigenvalue weighted by Crippen LogP contribution is 2.11. The van der Waals surface area contributed by atoms with E-state index in [0.29, 0.717) is 11.8 Å². The molecule has 98 valence electrons. The largest absolute Gasteiger partial charge is 0.424 e. The molecule has 0 fully saturated rings. The highest BCUT2D eigenvalue weighted by molar-refractivity contribution is 4.88. The SMILES string of the molecule is CCCNC(C)c1nnc(CCCOCC)o1. The van der Waals surface area contributed by atoms with Gasteiger partial charge in [-0.15, -0.1) is 10.2 Å². The highest BCUT2D eigenvalue weighted by Gasteiger charge is 2.12. The van der Waals surface area contributed by atoms with E-state index in [1.165, 1.54) is 0 Å². The fourth-order valence-corrected chi connectivity index (χ4v) is 1.46. The summed E-state index contributed by atoms with van der Waals surface area (Å²) in [5.74, 6) is 1.37. The van der Waals surface area contributed by atoms with Crippen molar-refractivity contribution in [2.45, 2.75) is 46.1 Å². The van der Waals surface area contributed by atoms with Crippen molar-refractivity contribution in [3.05, 3.63) is 11.8 Å². The quantitative estimate of drug-likeness (QED) is 0.671. The molecule has 0 amide bonds. The highest BCUT2D eigenvalue weighted by atomic mass is 16.5. The molecule has 1 rings (SSSR count). The van der Waals surface area contributed by atoms with Gasteiger partial charge in [0.2, 0.25) is 11.8 Å². The first kappa shape index (κ1) is 14.1. The van der Waals surface area contributed by atoms with E-state index in [4.69, 9.17) is 9.15 Å². The van der Waals surface area contributed by atoms with E-state index in [0.717, 1.165) is 39.0 Å². The minimum atomic E-state index is 0.128. The van der Waals surface area contributed by atoms with Crippen molar-refractivity contribution in [2.75, 3.05) is 19.8 Å². The number of hydrogen-bond donors (Lipinski definition) is 1. The van der Waals surface area contributed by atoms with Gasteiger partial charge in [-0.1, -0.05) is 6.92 Å². The van der Waals surface area contributed by atoms with Crippen LogP contribution >= 0.6 is 0 Å². The van der Waals surface area contributed by atoms with Crippen molar-refractivity contribution in [3.8, 4) is 0 Å². The molecule has 17 heavy (non-hydrogen) atoms. The molecule has 1 unspecified atom stereocenters. The molecule has 0 aliphatic carbocycles. The average Bonchev–Trinajstić information content (AvgIpc) is 2.80. The van der Waals surface area contributed by atoms with Gasteiger partial charge in [0.1, 0.15) is 0 Å². The number of aromatic nitrogens is 2. The first-order chi connectivity index (χ1) is 8.27. The third-order valence-electron chi connectivity index (χ3n) is 2.44. The molecular weight excluding hydrogens is 218 g/mol. The topological polar surface area (TPSA) is 60.2 Å². The van der Waals surface area contributed by atoms with E-state index in [1.807, 2.05) is 13.8 Å². The molecule has 0 radical (unpaired) electrons. The summed E-state index contributed by atoms with van der Waals surface area (Å²) in [6, 6.07) is 0.128. The van der Waals surface area contributed by atoms with Gasteiger partial charge in [0.25, 0.3) is 0 Å². The number of ether oxygens (including phenoxy) is 1. The minimum Gasteiger partial charge on any atom is -0.424 e. The lowest BCUT2D eigenvalue weighted by Gasteiger charge is -2.07. The van der Waals surface area contributed by atoms with E-state index in [2.05, 4.69) is 22.4 Å². The van der Waals surface area contributed by atoms with E-state index in [-0.39, 0.29) is 6.04 Å². The molecule has 5 heteroatoms. The van der Waals surface area contributed by atoms with Crippen molar-refractivity contribution >= 4 is 0 Å². The fraction of sp³-hybridized carbons (Fsp3) is 0.833. The Labute approximate surface area is 103 Å². The summed E-state index contributed by atoms with van der Waals surface area (Å²) in [6.45, 7) is 8.62. The zero-order valence-electron chi connectivity index (χ0n) is 11.0. The Bertz CT molecular complexity index is 302. The molecule has 1 heterocycles. The lowest BCUT2D eigenvalue weighted by Crippen LogP contribution is -2.19. The summed E-state index contributed by atoms with van der Waals surface area (Å²) in [6.07, 6.45) is 2.80. The lowest BCUT2D eigenvalue weighted by atomic mass is 10.3. The third-order valence-corrected chi connectivity index (χ3v) is 2.44. The lowest BCUT2D eigenvalue weighted by molar-refractivity contribution is 0.143. The van der Waals surface area contributed by atoms with Crippen molar-refractivity contribution in [1.82, 2.24) is 15.5 Å². The van der Waals surface area contributed by atoms with Crippen molar-refractivity contribution in [1.29, 1.82) is 0 Å². The maximum Gasteiger partial charge on any atom is 0.233 e. The van der Waals surface area contributed by atoms with Crippen LogP contribution in [0.2, 0.25) is 0 Å². The van der Waals surface area contributed by atoms with Crippen LogP contribution < -0.4 is 5.32 Å². The summed E-state index contributed by atoms with van der Waals surface area (Å²) in [7, 11) is 0. The minimum absolute atomic E-state index is 0.128. The molecule has 0 saturated carbocycles. The smallest absolute Gasteiger partial charge is 0.233 e. The van der Waals surface area contributed by atoms with Gasteiger partial charge in [-0.05, 0) is 33.2 Å². The number of aryl methyl sites for hydroxylation is 1. The van der Waals surface area contributed by atoms with Gasteiger partial charge in [-0.2, -0.15) is 0 Å². The van der Waals surface area contributed by atoms with E-state index in [9.17, 15) is 0 Å². The Balaban J connectivity index is 2.31. The normalized spacial score (nSPS) is 12.9. The number of hydrogen-bond acceptors (Lipinski definition) is 5. The van der Waals surface area contributed by atoms with Crippen LogP contribution in [0.15, 0.2) is 4.42 Å². The van der Waals surface area contributed by atoms with Gasteiger partial charge in [0.15, 0.2) is 0 Å². The number of nitrogens with zero attached hydrogens (tertiary/aromatic N) is 2. The Morgan fingerprint density at radius 2 is 2.18 bits per heavy atom. The third kappa shape index (κ3) is 5.28. The zero-order chi connectivity index (χ0) is 12.5. The number of nitrogens with one attached hydrogen (secondary N) is 1. The monoisotopic (exact) mass is 241 g/mol. The Morgan fingerprint density at radius 1 is 1.35 bits per heavy atom. The van der Waals surface area contributed by atoms with E-state index < -0.39 is 0 Å². The molecule has 0 aromatic carbocycles. The summed E-state index contributed by atoms with van der Waals surface area (Å²) < 4.78 is 10.8. The standard InChI is InChI=1S/C12H23N3O2/c1-4-8-13-10(3)12-15-14-11(17-12)7-6-9-16-5-2/h10,13H,4-9H2,1-3H3. The van der Waals surface area contributed by atoms with Gasteiger partial charge in [0, 0.05) is 19.6 Å². The predicted octanol–water partition coefficient (Wildman–Crippen LogP) is 2.10. The van der Waals surface area contributed by atoms with Crippen LogP contribution in [0.25, 0.3) is 0 Å². The fourth-order valence-electron chi connectivity index (χ4n) is 1.46. The molecule has 5 nitrogen and oxygen atoms in total. The molecule has 1 atom stereocenters. The van der Waals surface area contributed by atoms with Gasteiger partial charge in [-0.25, -0.2) is 0 Å². The molecule has 0 aliphatic heterocycles. The van der Waals surface area contributed by atoms with Gasteiger partial charge in [0.05, 0.1) is 6.04 Å². The van der Waals surface area contributed by atoms with Crippen LogP contribution in [-0.4, -0.2) is 30.0 Å². The predicted molar refractivity (Wildman–Crippen MR) is 65.8 cm³/mol. The van der Waals surface area contributed by atoms with Crippen LogP contribution in [0.3, 0.4) is 0 Å². The molecule has 0 spiro atoms. The van der Waals surface area contributed by atoms with Crippen LogP contribution in [0, 0.1) is 0 Å². The van der Waals surface area contributed by atoms with E-state index >= 15 is 0 Å². The Kier molecular flexibility index (Phi) is 6.81.